The maximum atomic E-state index is 14.2. The number of aliphatic hydroxyl groups is 6. The second-order valence-corrected chi connectivity index (χ2v) is 34.6. The van der Waals surface area contributed by atoms with Crippen molar-refractivity contribution in [3.63, 3.8) is 0 Å². The zero-order valence-corrected chi connectivity index (χ0v) is 56.9. The molecule has 2 aliphatic carbocycles. The van der Waals surface area contributed by atoms with E-state index in [4.69, 9.17) is 23.7 Å². The molecule has 19 atom stereocenters. The van der Waals surface area contributed by atoms with Crippen LogP contribution in [-0.2, 0) is 33.8 Å². The predicted molar refractivity (Wildman–Crippen MR) is 364 cm³/mol. The summed E-state index contributed by atoms with van der Waals surface area (Å²) in [5.74, 6) is 12.2. The molecule has 23 heteroatoms. The number of rotatable bonds is 7. The highest BCUT2D eigenvalue weighted by Crippen LogP contribution is 2.61. The molecule has 9 aliphatic rings. The number of nitrogens with zero attached hydrogens (tertiary/aromatic N) is 1. The zero-order valence-electron chi connectivity index (χ0n) is 52.0. The lowest BCUT2D eigenvalue weighted by Gasteiger charge is -2.56. The number of nitrogens with one attached hydrogen (secondary N) is 2. The number of benzene rings is 3. The van der Waals surface area contributed by atoms with Crippen molar-refractivity contribution in [1.82, 2.24) is 15.2 Å². The number of amides is 1. The van der Waals surface area contributed by atoms with Gasteiger partial charge in [-0.1, -0.05) is 102 Å². The standard InChI is InChI=1S/C68H91N3O14S6/c1-38-17-43-31-87-86-30-39-14-15-68(26-38)52(43)12-13-56(74)65-51-32-88-89-33-55(69-27-39)47-11-10-45(22-53(47)68)85-61-21-41-8-9-44(83-36-72)23-57(75)49(18-40-19-62(81-2)66(79)63(20-40)84-37-73)60(78)34-90-91-64(48(41)24-59(61)77)25-58(76)46-6-3-5-42-28-71(29-50(42)46)35-82-16-4-7-54(65)70-67(51)80/h3,5-6,19-21,24,28-29,38-39,43-45,47,49,51-58,60,64-65,69,72-79H,4,7-13,16-18,22-23,25-27,30-37H2,1-2H3,(H,70,80)/t38-,39-,43+,44-,45+,47+,49+,51+,52-,53+,54+,55-,56+,57+,58+,60-,64-,65+,68-/m0/s1. The first kappa shape index (κ1) is 67.9. The average Bonchev–Trinajstić information content (AvgIpc) is 1.20. The maximum absolute atomic E-state index is 14.2. The molecular formula is C68H91N3O14S6. The number of aromatic nitrogens is 1. The number of ether oxygens (including phenoxy) is 5. The van der Waals surface area contributed by atoms with Gasteiger partial charge >= 0.3 is 0 Å². The van der Waals surface area contributed by atoms with E-state index in [0.29, 0.717) is 67.6 Å². The van der Waals surface area contributed by atoms with E-state index in [1.54, 1.807) is 29.0 Å². The van der Waals surface area contributed by atoms with Crippen LogP contribution in [0.1, 0.15) is 118 Å². The summed E-state index contributed by atoms with van der Waals surface area (Å²) in [4.78, 5) is 14.2. The fraction of sp³-hybridized carbons (Fsp3) is 0.662. The molecule has 8 heterocycles. The first-order chi connectivity index (χ1) is 44.2. The van der Waals surface area contributed by atoms with E-state index < -0.39 is 55.3 Å². The summed E-state index contributed by atoms with van der Waals surface area (Å²) in [5.41, 5.74) is 2.57. The molecular weight excluding hydrogens is 1280 g/mol. The summed E-state index contributed by atoms with van der Waals surface area (Å²) >= 11 is 0. The Morgan fingerprint density at radius 2 is 1.64 bits per heavy atom. The molecule has 4 fully saturated rings. The molecule has 0 radical (unpaired) electrons. The number of phenols is 2. The first-order valence-corrected chi connectivity index (χ1v) is 40.2. The molecule has 7 aliphatic heterocycles. The van der Waals surface area contributed by atoms with Crippen LogP contribution in [0.5, 0.6) is 28.7 Å². The molecule has 1 amide bonds. The van der Waals surface area contributed by atoms with Gasteiger partial charge in [-0.25, -0.2) is 0 Å². The van der Waals surface area contributed by atoms with Crippen LogP contribution in [0.3, 0.4) is 0 Å². The Morgan fingerprint density at radius 3 is 2.48 bits per heavy atom. The molecule has 17 nitrogen and oxygen atoms in total. The average molecular weight is 1370 g/mol. The summed E-state index contributed by atoms with van der Waals surface area (Å²) in [6.07, 6.45) is 7.51. The normalized spacial score (nSPS) is 36.2. The number of methoxy groups -OCH3 is 1. The third kappa shape index (κ3) is 15.4. The fourth-order valence-corrected chi connectivity index (χ4v) is 25.3. The summed E-state index contributed by atoms with van der Waals surface area (Å²) in [7, 11) is 11.9. The van der Waals surface area contributed by atoms with Crippen molar-refractivity contribution in [3.05, 3.63) is 77.1 Å². The number of phenolic OH excluding ortho intramolecular Hbond substituents is 2. The summed E-state index contributed by atoms with van der Waals surface area (Å²) in [6.45, 7) is 2.64. The minimum atomic E-state index is -1.14. The van der Waals surface area contributed by atoms with Crippen molar-refractivity contribution in [1.29, 1.82) is 0 Å². The second-order valence-electron chi connectivity index (χ2n) is 26.9. The van der Waals surface area contributed by atoms with E-state index >= 15 is 0 Å². The van der Waals surface area contributed by atoms with Crippen molar-refractivity contribution in [2.45, 2.75) is 158 Å². The quantitative estimate of drug-likeness (QED) is 0.0469. The van der Waals surface area contributed by atoms with Crippen molar-refractivity contribution in [3.8, 4) is 40.6 Å². The molecule has 2 saturated heterocycles. The van der Waals surface area contributed by atoms with Crippen molar-refractivity contribution in [2.75, 3.05) is 62.6 Å². The van der Waals surface area contributed by atoms with E-state index in [0.717, 1.165) is 89.8 Å². The van der Waals surface area contributed by atoms with Gasteiger partial charge in [0.25, 0.3) is 0 Å². The topological polar surface area (TPSA) is 254 Å². The highest BCUT2D eigenvalue weighted by Gasteiger charge is 2.57. The van der Waals surface area contributed by atoms with Crippen LogP contribution in [0, 0.1) is 70.5 Å². The van der Waals surface area contributed by atoms with E-state index in [-0.39, 0.29) is 120 Å². The SMILES string of the molecule is COc1cc(C[C@@H]2[C@H](O)C[C@@H](OCO)CCc3cc4c(O)cc3[C@H](C[C@@H](O)c3cccc5cn(cc35)COCCC[C@H]3NC(=O)[C@@H]5CSSC[C@@H]6NC[C@@H]7C#C[C@@]8(C[C@@H](C)C[C@H](CSSC7)[C@@H]8CC[C@@H](O)[C@@H]35)[C@@H]3C[C@@H](CC[C@@H]63)O4)SSC[C@@H]2O)cc(OCO)c1O. The minimum Gasteiger partial charge on any atom is -0.504 e. The van der Waals surface area contributed by atoms with Crippen LogP contribution in [0.4, 0.5) is 0 Å². The molecule has 1 spiro atoms. The van der Waals surface area contributed by atoms with E-state index in [1.165, 1.54) is 28.7 Å². The highest BCUT2D eigenvalue weighted by atomic mass is 33.1. The number of aliphatic hydroxyl groups excluding tert-OH is 6. The fourth-order valence-electron chi connectivity index (χ4n) is 17.0. The molecule has 0 unspecified atom stereocenters. The van der Waals surface area contributed by atoms with Gasteiger partial charge in [0, 0.05) is 100 Å². The smallest absolute Gasteiger partial charge is 0.224 e. The number of aromatic hydroxyl groups is 2. The van der Waals surface area contributed by atoms with Crippen molar-refractivity contribution < 1.29 is 69.3 Å². The Kier molecular flexibility index (Phi) is 23.1. The first-order valence-electron chi connectivity index (χ1n) is 32.8. The molecule has 13 rings (SSSR count). The number of hydrogen-bond donors (Lipinski definition) is 10. The van der Waals surface area contributed by atoms with Gasteiger partial charge in [-0.05, 0) is 171 Å². The monoisotopic (exact) mass is 1370 g/mol. The number of aryl methyl sites for hydroxylation is 1. The summed E-state index contributed by atoms with van der Waals surface area (Å²) in [6, 6.07) is 12.8. The highest BCUT2D eigenvalue weighted by molar-refractivity contribution is 8.77. The van der Waals surface area contributed by atoms with Gasteiger partial charge < -0.3 is 79.7 Å². The third-order valence-electron chi connectivity index (χ3n) is 21.3. The Balaban J connectivity index is 0.942. The Bertz CT molecular complexity index is 3190. The number of carbonyl (C=O) groups is 1. The molecule has 1 aromatic heterocycles. The van der Waals surface area contributed by atoms with Crippen LogP contribution < -0.4 is 24.8 Å². The maximum Gasteiger partial charge on any atom is 0.224 e. The molecule has 3 aromatic carbocycles. The Morgan fingerprint density at radius 1 is 0.802 bits per heavy atom. The number of carbonyl (C=O) groups excluding carboxylic acids is 1. The van der Waals surface area contributed by atoms with Gasteiger partial charge in [0.05, 0.1) is 49.7 Å². The lowest BCUT2D eigenvalue weighted by Crippen LogP contribution is -2.55. The van der Waals surface area contributed by atoms with Crippen molar-refractivity contribution >= 4 is 81.4 Å². The number of hydrogen-bond acceptors (Lipinski definition) is 21. The summed E-state index contributed by atoms with van der Waals surface area (Å²) < 4.78 is 32.5. The van der Waals surface area contributed by atoms with Gasteiger partial charge in [0.1, 0.15) is 13.5 Å². The third-order valence-corrected chi connectivity index (χ3v) is 29.1. The molecule has 2 saturated carbocycles. The van der Waals surface area contributed by atoms with Crippen LogP contribution in [0.2, 0.25) is 0 Å². The zero-order chi connectivity index (χ0) is 63.3. The molecule has 10 N–H and O–H groups in total. The largest absolute Gasteiger partial charge is 0.504 e. The Labute approximate surface area is 558 Å². The van der Waals surface area contributed by atoms with Gasteiger partial charge in [-0.15, -0.1) is 0 Å². The molecule has 4 aromatic rings. The van der Waals surface area contributed by atoms with E-state index in [9.17, 15) is 45.6 Å². The number of fused-ring (bicyclic) bond motifs is 7. The van der Waals surface area contributed by atoms with Crippen LogP contribution >= 0.6 is 64.8 Å². The van der Waals surface area contributed by atoms with E-state index in [2.05, 4.69) is 29.4 Å². The molecule has 13 bridgehead atoms. The minimum absolute atomic E-state index is 0.0139. The summed E-state index contributed by atoms with van der Waals surface area (Å²) in [5, 5.41) is 102. The van der Waals surface area contributed by atoms with Gasteiger partial charge in [0.2, 0.25) is 11.7 Å². The van der Waals surface area contributed by atoms with Crippen molar-refractivity contribution in [2.24, 2.45) is 58.7 Å². The van der Waals surface area contributed by atoms with Crippen LogP contribution in [-0.4, -0.2) is 157 Å². The van der Waals surface area contributed by atoms with Crippen LogP contribution in [0.15, 0.2) is 54.9 Å². The molecule has 91 heavy (non-hydrogen) atoms. The van der Waals surface area contributed by atoms with Crippen LogP contribution in [0.25, 0.3) is 10.8 Å². The Hall–Kier alpha value is -3.03. The van der Waals surface area contributed by atoms with Gasteiger partial charge in [0.15, 0.2) is 29.8 Å². The lowest BCUT2D eigenvalue weighted by molar-refractivity contribution is -0.123. The van der Waals surface area contributed by atoms with Gasteiger partial charge in [-0.3, -0.25) is 4.79 Å². The second kappa shape index (κ2) is 31.0. The van der Waals surface area contributed by atoms with E-state index in [1.807, 2.05) is 73.6 Å². The van der Waals surface area contributed by atoms with Gasteiger partial charge in [-0.2, -0.15) is 0 Å². The molecule has 498 valence electrons. The lowest BCUT2D eigenvalue weighted by atomic mass is 9.48. The predicted octanol–water partition coefficient (Wildman–Crippen LogP) is 10.0.